The lowest BCUT2D eigenvalue weighted by atomic mass is 10.0. The molecule has 0 saturated heterocycles. The lowest BCUT2D eigenvalue weighted by molar-refractivity contribution is 0.465. The molecular weight excluding hydrogens is 181 g/mol. The van der Waals surface area contributed by atoms with E-state index in [0.29, 0.717) is 12.0 Å². The Morgan fingerprint density at radius 3 is 2.71 bits per heavy atom. The molecule has 3 heteroatoms. The van der Waals surface area contributed by atoms with Crippen LogP contribution < -0.4 is 5.32 Å². The summed E-state index contributed by atoms with van der Waals surface area (Å²) in [5.41, 5.74) is 0.785. The normalized spacial score (nSPS) is 18.1. The molecule has 1 aromatic carbocycles. The number of phenols is 1. The molecule has 1 aliphatic carbocycles. The van der Waals surface area contributed by atoms with Crippen LogP contribution >= 0.6 is 0 Å². The van der Waals surface area contributed by atoms with Crippen molar-refractivity contribution in [2.24, 2.45) is 0 Å². The zero-order valence-electron chi connectivity index (χ0n) is 8.18. The van der Waals surface area contributed by atoms with Gasteiger partial charge in [-0.15, -0.1) is 0 Å². The van der Waals surface area contributed by atoms with Crippen molar-refractivity contribution in [3.05, 3.63) is 29.6 Å². The Morgan fingerprint density at radius 2 is 2.21 bits per heavy atom. The molecule has 1 aliphatic rings. The van der Waals surface area contributed by atoms with E-state index in [1.165, 1.54) is 12.1 Å². The molecule has 0 unspecified atom stereocenters. The van der Waals surface area contributed by atoms with Gasteiger partial charge in [0.15, 0.2) is 0 Å². The summed E-state index contributed by atoms with van der Waals surface area (Å²) in [6.07, 6.45) is 2.91. The highest BCUT2D eigenvalue weighted by molar-refractivity contribution is 5.30. The molecule has 0 atom stereocenters. The molecule has 1 saturated carbocycles. The summed E-state index contributed by atoms with van der Waals surface area (Å²) in [5, 5.41) is 12.3. The highest BCUT2D eigenvalue weighted by atomic mass is 19.1. The monoisotopic (exact) mass is 195 g/mol. The first-order valence-electron chi connectivity index (χ1n) is 4.81. The highest BCUT2D eigenvalue weighted by Gasteiger charge is 2.41. The summed E-state index contributed by atoms with van der Waals surface area (Å²) in [5.74, 6) is -0.327. The summed E-state index contributed by atoms with van der Waals surface area (Å²) in [6, 6.07) is 4.35. The third-order valence-electron chi connectivity index (χ3n) is 2.95. The third-order valence-corrected chi connectivity index (χ3v) is 2.95. The van der Waals surface area contributed by atoms with Gasteiger partial charge in [-0.2, -0.15) is 0 Å². The van der Waals surface area contributed by atoms with E-state index in [9.17, 15) is 4.39 Å². The first-order valence-corrected chi connectivity index (χ1v) is 4.81. The third kappa shape index (κ3) is 1.73. The van der Waals surface area contributed by atoms with Gasteiger partial charge in [-0.3, -0.25) is 0 Å². The predicted molar refractivity (Wildman–Crippen MR) is 52.8 cm³/mol. The minimum Gasteiger partial charge on any atom is -0.508 e. The molecule has 0 heterocycles. The Balaban J connectivity index is 2.17. The number of likely N-dealkylation sites (N-methyl/N-ethyl adjacent to an activating group) is 1. The van der Waals surface area contributed by atoms with Crippen LogP contribution in [0.15, 0.2) is 18.2 Å². The fraction of sp³-hybridized carbons (Fsp3) is 0.455. The van der Waals surface area contributed by atoms with Crippen molar-refractivity contribution in [2.45, 2.75) is 24.8 Å². The molecule has 0 radical (unpaired) electrons. The van der Waals surface area contributed by atoms with Gasteiger partial charge < -0.3 is 10.4 Å². The molecule has 0 spiro atoms. The van der Waals surface area contributed by atoms with Crippen LogP contribution in [0, 0.1) is 5.82 Å². The van der Waals surface area contributed by atoms with Crippen molar-refractivity contribution < 1.29 is 9.50 Å². The number of phenolic OH excluding ortho intramolecular Hbond substituents is 1. The Labute approximate surface area is 82.8 Å². The number of halogens is 1. The number of nitrogens with one attached hydrogen (secondary N) is 1. The van der Waals surface area contributed by atoms with Crippen LogP contribution in [0.25, 0.3) is 0 Å². The van der Waals surface area contributed by atoms with Gasteiger partial charge in [-0.1, -0.05) is 6.07 Å². The van der Waals surface area contributed by atoms with Crippen molar-refractivity contribution in [1.82, 2.24) is 5.32 Å². The second-order valence-electron chi connectivity index (χ2n) is 3.98. The fourth-order valence-electron chi connectivity index (χ4n) is 1.71. The van der Waals surface area contributed by atoms with Gasteiger partial charge in [0, 0.05) is 11.6 Å². The van der Waals surface area contributed by atoms with E-state index in [0.717, 1.165) is 12.8 Å². The summed E-state index contributed by atoms with van der Waals surface area (Å²) in [6.45, 7) is 0. The topological polar surface area (TPSA) is 32.3 Å². The summed E-state index contributed by atoms with van der Waals surface area (Å²) in [4.78, 5) is 0. The van der Waals surface area contributed by atoms with Gasteiger partial charge in [0.2, 0.25) is 0 Å². The number of rotatable bonds is 3. The van der Waals surface area contributed by atoms with E-state index in [1.54, 1.807) is 6.07 Å². The van der Waals surface area contributed by atoms with E-state index >= 15 is 0 Å². The van der Waals surface area contributed by atoms with Crippen molar-refractivity contribution in [2.75, 3.05) is 7.05 Å². The number of hydrogen-bond donors (Lipinski definition) is 2. The first-order chi connectivity index (χ1) is 6.65. The highest BCUT2D eigenvalue weighted by Crippen LogP contribution is 2.38. The standard InChI is InChI=1S/C11H14FNO/c1-13-11(4-5-11)7-8-2-3-9(14)6-10(8)12/h2-3,6,13-14H,4-5,7H2,1H3. The van der Waals surface area contributed by atoms with Crippen molar-refractivity contribution in [1.29, 1.82) is 0 Å². The van der Waals surface area contributed by atoms with Gasteiger partial charge in [-0.25, -0.2) is 4.39 Å². The van der Waals surface area contributed by atoms with Crippen LogP contribution in [0.1, 0.15) is 18.4 Å². The van der Waals surface area contributed by atoms with Crippen LogP contribution in [0.3, 0.4) is 0 Å². The summed E-state index contributed by atoms with van der Waals surface area (Å²) >= 11 is 0. The number of hydrogen-bond acceptors (Lipinski definition) is 2. The molecule has 14 heavy (non-hydrogen) atoms. The zero-order valence-corrected chi connectivity index (χ0v) is 8.18. The molecule has 2 nitrogen and oxygen atoms in total. The smallest absolute Gasteiger partial charge is 0.130 e. The average Bonchev–Trinajstić information content (AvgIpc) is 2.91. The molecule has 1 aromatic rings. The molecule has 0 aliphatic heterocycles. The first kappa shape index (κ1) is 9.46. The molecule has 2 rings (SSSR count). The Morgan fingerprint density at radius 1 is 1.50 bits per heavy atom. The Kier molecular flexibility index (Phi) is 2.19. The van der Waals surface area contributed by atoms with Crippen LogP contribution in [0.5, 0.6) is 5.75 Å². The lowest BCUT2D eigenvalue weighted by Crippen LogP contribution is -2.29. The quantitative estimate of drug-likeness (QED) is 0.771. The summed E-state index contributed by atoms with van der Waals surface area (Å²) in [7, 11) is 1.91. The molecular formula is C11H14FNO. The van der Waals surface area contributed by atoms with E-state index in [1.807, 2.05) is 7.05 Å². The van der Waals surface area contributed by atoms with Crippen LogP contribution in [-0.4, -0.2) is 17.7 Å². The number of benzene rings is 1. The van der Waals surface area contributed by atoms with E-state index in [4.69, 9.17) is 5.11 Å². The maximum Gasteiger partial charge on any atom is 0.130 e. The van der Waals surface area contributed by atoms with Gasteiger partial charge in [0.25, 0.3) is 0 Å². The molecule has 1 fully saturated rings. The minimum atomic E-state index is -0.313. The maximum absolute atomic E-state index is 13.4. The van der Waals surface area contributed by atoms with E-state index in [2.05, 4.69) is 5.32 Å². The van der Waals surface area contributed by atoms with E-state index in [-0.39, 0.29) is 17.1 Å². The van der Waals surface area contributed by atoms with Crippen molar-refractivity contribution in [3.63, 3.8) is 0 Å². The van der Waals surface area contributed by atoms with E-state index < -0.39 is 0 Å². The fourth-order valence-corrected chi connectivity index (χ4v) is 1.71. The molecule has 76 valence electrons. The van der Waals surface area contributed by atoms with Gasteiger partial charge in [0.05, 0.1) is 0 Å². The Hall–Kier alpha value is -1.09. The second-order valence-corrected chi connectivity index (χ2v) is 3.98. The Bertz CT molecular complexity index is 347. The molecule has 0 aromatic heterocycles. The zero-order chi connectivity index (χ0) is 10.2. The van der Waals surface area contributed by atoms with Crippen LogP contribution in [-0.2, 0) is 6.42 Å². The van der Waals surface area contributed by atoms with Crippen molar-refractivity contribution >= 4 is 0 Å². The molecule has 2 N–H and O–H groups in total. The minimum absolute atomic E-state index is 0.0134. The largest absolute Gasteiger partial charge is 0.508 e. The van der Waals surface area contributed by atoms with Gasteiger partial charge in [-0.05, 0) is 37.9 Å². The predicted octanol–water partition coefficient (Wildman–Crippen LogP) is 1.83. The molecule has 0 amide bonds. The van der Waals surface area contributed by atoms with Crippen molar-refractivity contribution in [3.8, 4) is 5.75 Å². The lowest BCUT2D eigenvalue weighted by Gasteiger charge is -2.14. The summed E-state index contributed by atoms with van der Waals surface area (Å²) < 4.78 is 13.4. The SMILES string of the molecule is CNC1(Cc2ccc(O)cc2F)CC1. The van der Waals surface area contributed by atoms with Crippen LogP contribution in [0.2, 0.25) is 0 Å². The maximum atomic E-state index is 13.4. The van der Waals surface area contributed by atoms with Crippen LogP contribution in [0.4, 0.5) is 4.39 Å². The van der Waals surface area contributed by atoms with Gasteiger partial charge in [0.1, 0.15) is 11.6 Å². The number of aromatic hydroxyl groups is 1. The molecule has 0 bridgehead atoms. The van der Waals surface area contributed by atoms with Gasteiger partial charge >= 0.3 is 0 Å². The average molecular weight is 195 g/mol. The second kappa shape index (κ2) is 3.24.